The van der Waals surface area contributed by atoms with Gasteiger partial charge < -0.3 is 29.2 Å². The highest BCUT2D eigenvalue weighted by molar-refractivity contribution is 5.66. The Labute approximate surface area is 127 Å². The largest absolute Gasteiger partial charge is 0.457 e. The van der Waals surface area contributed by atoms with E-state index >= 15 is 0 Å². The molecule has 2 aliphatic heterocycles. The number of ether oxygens (including phenoxy) is 4. The summed E-state index contributed by atoms with van der Waals surface area (Å²) >= 11 is 0. The lowest BCUT2D eigenvalue weighted by molar-refractivity contribution is -0.355. The predicted octanol–water partition coefficient (Wildman–Crippen LogP) is 0.110. The van der Waals surface area contributed by atoms with E-state index in [4.69, 9.17) is 18.9 Å². The summed E-state index contributed by atoms with van der Waals surface area (Å²) in [6, 6.07) is 9.28. The zero-order chi connectivity index (χ0) is 15.7. The molecule has 1 aromatic rings. The third kappa shape index (κ3) is 2.99. The van der Waals surface area contributed by atoms with Gasteiger partial charge in [-0.1, -0.05) is 30.3 Å². The van der Waals surface area contributed by atoms with Crippen LogP contribution in [-0.4, -0.2) is 53.5 Å². The second kappa shape index (κ2) is 6.31. The molecule has 0 radical (unpaired) electrons. The second-order valence-corrected chi connectivity index (χ2v) is 5.31. The van der Waals surface area contributed by atoms with Gasteiger partial charge >= 0.3 is 5.97 Å². The van der Waals surface area contributed by atoms with Gasteiger partial charge in [-0.05, 0) is 0 Å². The number of rotatable bonds is 2. The van der Waals surface area contributed by atoms with Crippen LogP contribution in [0.25, 0.3) is 0 Å². The third-order valence-electron chi connectivity index (χ3n) is 3.70. The van der Waals surface area contributed by atoms with E-state index in [1.54, 1.807) is 0 Å². The van der Waals surface area contributed by atoms with E-state index in [2.05, 4.69) is 0 Å². The zero-order valence-electron chi connectivity index (χ0n) is 12.0. The first kappa shape index (κ1) is 15.4. The summed E-state index contributed by atoms with van der Waals surface area (Å²) in [6.07, 6.45) is -5.83. The van der Waals surface area contributed by atoms with Crippen molar-refractivity contribution < 1.29 is 34.0 Å². The van der Waals surface area contributed by atoms with Gasteiger partial charge in [-0.15, -0.1) is 0 Å². The van der Waals surface area contributed by atoms with E-state index in [9.17, 15) is 15.0 Å². The van der Waals surface area contributed by atoms with Gasteiger partial charge in [0.2, 0.25) is 0 Å². The Morgan fingerprint density at radius 1 is 1.23 bits per heavy atom. The number of aliphatic hydroxyl groups excluding tert-OH is 2. The number of aliphatic hydroxyl groups is 2. The van der Waals surface area contributed by atoms with Crippen molar-refractivity contribution in [3.63, 3.8) is 0 Å². The normalized spacial score (nSPS) is 38.1. The summed E-state index contributed by atoms with van der Waals surface area (Å²) in [7, 11) is 0. The van der Waals surface area contributed by atoms with Crippen molar-refractivity contribution in [1.29, 1.82) is 0 Å². The van der Waals surface area contributed by atoms with Gasteiger partial charge in [-0.25, -0.2) is 0 Å². The number of carbonyl (C=O) groups is 1. The van der Waals surface area contributed by atoms with Crippen LogP contribution in [0, 0.1) is 0 Å². The molecule has 120 valence electrons. The molecule has 2 fully saturated rings. The zero-order valence-corrected chi connectivity index (χ0v) is 12.0. The molecular formula is C15H18O7. The van der Waals surface area contributed by atoms with Gasteiger partial charge in [0.05, 0.1) is 6.61 Å². The fourth-order valence-corrected chi connectivity index (χ4v) is 2.68. The molecule has 2 N–H and O–H groups in total. The Morgan fingerprint density at radius 2 is 1.95 bits per heavy atom. The van der Waals surface area contributed by atoms with Crippen LogP contribution in [0.2, 0.25) is 0 Å². The van der Waals surface area contributed by atoms with Crippen LogP contribution < -0.4 is 0 Å². The van der Waals surface area contributed by atoms with Crippen molar-refractivity contribution >= 4 is 5.97 Å². The van der Waals surface area contributed by atoms with Crippen LogP contribution in [0.5, 0.6) is 0 Å². The van der Waals surface area contributed by atoms with Crippen molar-refractivity contribution in [2.45, 2.75) is 43.9 Å². The lowest BCUT2D eigenvalue weighted by Gasteiger charge is -2.46. The van der Waals surface area contributed by atoms with Crippen LogP contribution in [0.15, 0.2) is 30.3 Å². The molecule has 2 heterocycles. The Morgan fingerprint density at radius 3 is 2.64 bits per heavy atom. The molecule has 2 unspecified atom stereocenters. The summed E-state index contributed by atoms with van der Waals surface area (Å²) in [5.74, 6) is -0.566. The maximum Gasteiger partial charge on any atom is 0.303 e. The number of hydrogen-bond acceptors (Lipinski definition) is 7. The fourth-order valence-electron chi connectivity index (χ4n) is 2.68. The smallest absolute Gasteiger partial charge is 0.303 e. The average Bonchev–Trinajstić information content (AvgIpc) is 2.52. The first-order valence-corrected chi connectivity index (χ1v) is 7.07. The molecule has 0 bridgehead atoms. The highest BCUT2D eigenvalue weighted by Crippen LogP contribution is 2.34. The van der Waals surface area contributed by atoms with Crippen molar-refractivity contribution in [3.8, 4) is 0 Å². The number of carbonyl (C=O) groups excluding carboxylic acids is 1. The minimum atomic E-state index is -1.45. The molecule has 0 saturated carbocycles. The molecule has 0 aliphatic carbocycles. The van der Waals surface area contributed by atoms with E-state index in [1.807, 2.05) is 30.3 Å². The van der Waals surface area contributed by atoms with Crippen molar-refractivity contribution in [2.24, 2.45) is 0 Å². The molecule has 0 amide bonds. The number of hydrogen-bond donors (Lipinski definition) is 2. The fraction of sp³-hybridized carbons (Fsp3) is 0.533. The average molecular weight is 310 g/mol. The molecular weight excluding hydrogens is 292 g/mol. The van der Waals surface area contributed by atoms with E-state index in [0.29, 0.717) is 0 Å². The van der Waals surface area contributed by atoms with Crippen molar-refractivity contribution in [1.82, 2.24) is 0 Å². The standard InChI is InChI=1S/C15H18O7/c1-8(16)20-13-11(17)14(18)21-10-7-19-15(22-12(10)13)9-5-3-2-4-6-9/h2-6,10-15,17-18H,7H2,1H3/t10-,11-,12+,13-,14?,15?/m1/s1. The third-order valence-corrected chi connectivity index (χ3v) is 3.70. The highest BCUT2D eigenvalue weighted by atomic mass is 16.7. The van der Waals surface area contributed by atoms with E-state index in [0.717, 1.165) is 5.56 Å². The number of esters is 1. The van der Waals surface area contributed by atoms with Gasteiger partial charge in [0.25, 0.3) is 0 Å². The molecule has 1 aromatic carbocycles. The molecule has 22 heavy (non-hydrogen) atoms. The monoisotopic (exact) mass is 310 g/mol. The Hall–Kier alpha value is -1.51. The van der Waals surface area contributed by atoms with Gasteiger partial charge in [-0.2, -0.15) is 0 Å². The molecule has 7 heteroatoms. The van der Waals surface area contributed by atoms with Gasteiger partial charge in [0.1, 0.15) is 18.3 Å². The first-order chi connectivity index (χ1) is 10.6. The SMILES string of the molecule is CC(=O)O[C@H]1[C@H]2OC(c3ccccc3)OC[C@H]2OC(O)[C@@H]1O. The Kier molecular flexibility index (Phi) is 4.42. The molecule has 0 aromatic heterocycles. The van der Waals surface area contributed by atoms with E-state index in [1.165, 1.54) is 6.92 Å². The number of benzene rings is 1. The summed E-state index contributed by atoms with van der Waals surface area (Å²) < 4.78 is 21.8. The summed E-state index contributed by atoms with van der Waals surface area (Å²) in [6.45, 7) is 1.39. The second-order valence-electron chi connectivity index (χ2n) is 5.31. The maximum absolute atomic E-state index is 11.2. The molecule has 6 atom stereocenters. The minimum absolute atomic E-state index is 0.159. The van der Waals surface area contributed by atoms with Crippen LogP contribution >= 0.6 is 0 Å². The van der Waals surface area contributed by atoms with Crippen LogP contribution in [0.3, 0.4) is 0 Å². The Bertz CT molecular complexity index is 520. The topological polar surface area (TPSA) is 94.5 Å². The van der Waals surface area contributed by atoms with Crippen LogP contribution in [0.1, 0.15) is 18.8 Å². The predicted molar refractivity (Wildman–Crippen MR) is 72.4 cm³/mol. The molecule has 7 nitrogen and oxygen atoms in total. The van der Waals surface area contributed by atoms with Crippen LogP contribution in [0.4, 0.5) is 0 Å². The Balaban J connectivity index is 1.80. The van der Waals surface area contributed by atoms with Crippen LogP contribution in [-0.2, 0) is 23.7 Å². The van der Waals surface area contributed by atoms with E-state index < -0.39 is 43.0 Å². The summed E-state index contributed by atoms with van der Waals surface area (Å²) in [5, 5.41) is 19.7. The molecule has 0 spiro atoms. The minimum Gasteiger partial charge on any atom is -0.457 e. The lowest BCUT2D eigenvalue weighted by atomic mass is 9.97. The first-order valence-electron chi connectivity index (χ1n) is 7.07. The molecule has 2 saturated heterocycles. The summed E-state index contributed by atoms with van der Waals surface area (Å²) in [5.41, 5.74) is 0.808. The van der Waals surface area contributed by atoms with Crippen molar-refractivity contribution in [2.75, 3.05) is 6.61 Å². The van der Waals surface area contributed by atoms with Gasteiger partial charge in [0.15, 0.2) is 18.7 Å². The van der Waals surface area contributed by atoms with Crippen molar-refractivity contribution in [3.05, 3.63) is 35.9 Å². The van der Waals surface area contributed by atoms with Gasteiger partial charge in [-0.3, -0.25) is 4.79 Å². The quantitative estimate of drug-likeness (QED) is 0.749. The van der Waals surface area contributed by atoms with Gasteiger partial charge in [0, 0.05) is 12.5 Å². The van der Waals surface area contributed by atoms with E-state index in [-0.39, 0.29) is 6.61 Å². The maximum atomic E-state index is 11.2. The number of fused-ring (bicyclic) bond motifs is 1. The molecule has 3 rings (SSSR count). The lowest BCUT2D eigenvalue weighted by Crippen LogP contribution is -2.62. The molecule has 2 aliphatic rings. The summed E-state index contributed by atoms with van der Waals surface area (Å²) in [4.78, 5) is 11.2. The highest BCUT2D eigenvalue weighted by Gasteiger charge is 2.50.